The number of fused-ring (bicyclic) bond motifs is 1. The van der Waals surface area contributed by atoms with Crippen LogP contribution >= 0.6 is 34.2 Å². The molecule has 0 saturated heterocycles. The van der Waals surface area contributed by atoms with Crippen LogP contribution in [0.4, 0.5) is 5.69 Å². The summed E-state index contributed by atoms with van der Waals surface area (Å²) in [7, 11) is 0. The van der Waals surface area contributed by atoms with Gasteiger partial charge in [-0.3, -0.25) is 0 Å². The third kappa shape index (κ3) is 3.56. The maximum Gasteiger partial charge on any atom is 0.340 e. The van der Waals surface area contributed by atoms with Crippen molar-refractivity contribution in [2.24, 2.45) is 0 Å². The predicted octanol–water partition coefficient (Wildman–Crippen LogP) is 4.43. The summed E-state index contributed by atoms with van der Waals surface area (Å²) in [4.78, 5) is 16.5. The van der Waals surface area contributed by atoms with Gasteiger partial charge in [0.15, 0.2) is 0 Å². The van der Waals surface area contributed by atoms with Crippen molar-refractivity contribution in [2.75, 3.05) is 5.73 Å². The number of carbonyl (C=O) groups excluding carboxylic acids is 1. The molecule has 0 saturated carbocycles. The Bertz CT molecular complexity index is 899. The molecule has 3 rings (SSSR count). The summed E-state index contributed by atoms with van der Waals surface area (Å²) >= 11 is 8.28. The first-order valence-electron chi connectivity index (χ1n) is 6.81. The Labute approximate surface area is 151 Å². The summed E-state index contributed by atoms with van der Waals surface area (Å²) in [5.74, 6) is -0.481. The van der Waals surface area contributed by atoms with Crippen molar-refractivity contribution in [2.45, 2.75) is 6.61 Å². The Balaban J connectivity index is 1.81. The number of aromatic nitrogens is 1. The molecule has 0 bridgehead atoms. The molecule has 0 fully saturated rings. The Kier molecular flexibility index (Phi) is 4.68. The average molecular weight is 439 g/mol. The number of ether oxygens (including phenoxy) is 1. The van der Waals surface area contributed by atoms with Gasteiger partial charge in [-0.1, -0.05) is 29.8 Å². The molecular formula is C17H12ClIN2O2. The number of pyridine rings is 1. The zero-order valence-electron chi connectivity index (χ0n) is 11.9. The number of benzene rings is 2. The average Bonchev–Trinajstić information content (AvgIpc) is 2.54. The molecule has 0 aliphatic rings. The standard InChI is InChI=1S/C17H12ClIN2O2/c18-16-11(7-10-3-1-2-4-15(10)21-16)9-23-17(22)13-8-12(19)5-6-14(13)20/h1-8H,9,20H2. The van der Waals surface area contributed by atoms with E-state index in [0.29, 0.717) is 22.0 Å². The third-order valence-electron chi connectivity index (χ3n) is 3.34. The fraction of sp³-hybridized carbons (Fsp3) is 0.0588. The Morgan fingerprint density at radius 1 is 1.22 bits per heavy atom. The summed E-state index contributed by atoms with van der Waals surface area (Å²) in [6, 6.07) is 14.7. The molecule has 1 aromatic heterocycles. The number of nitrogens with zero attached hydrogens (tertiary/aromatic N) is 1. The molecule has 23 heavy (non-hydrogen) atoms. The highest BCUT2D eigenvalue weighted by Crippen LogP contribution is 2.22. The Hall–Kier alpha value is -1.86. The number of nitrogen functional groups attached to an aromatic ring is 1. The smallest absolute Gasteiger partial charge is 0.340 e. The second-order valence-electron chi connectivity index (χ2n) is 4.94. The number of nitrogens with two attached hydrogens (primary N) is 1. The van der Waals surface area contributed by atoms with Crippen molar-refractivity contribution in [3.8, 4) is 0 Å². The van der Waals surface area contributed by atoms with Crippen LogP contribution in [0.1, 0.15) is 15.9 Å². The lowest BCUT2D eigenvalue weighted by molar-refractivity contribution is 0.0474. The highest BCUT2D eigenvalue weighted by Gasteiger charge is 2.13. The summed E-state index contributed by atoms with van der Waals surface area (Å²) in [5.41, 5.74) is 8.01. The van der Waals surface area contributed by atoms with Crippen LogP contribution in [0.3, 0.4) is 0 Å². The van der Waals surface area contributed by atoms with Crippen LogP contribution in [0.2, 0.25) is 5.15 Å². The highest BCUT2D eigenvalue weighted by molar-refractivity contribution is 14.1. The van der Waals surface area contributed by atoms with Crippen molar-refractivity contribution >= 4 is 56.8 Å². The minimum atomic E-state index is -0.481. The van der Waals surface area contributed by atoms with Crippen molar-refractivity contribution < 1.29 is 9.53 Å². The highest BCUT2D eigenvalue weighted by atomic mass is 127. The first-order valence-corrected chi connectivity index (χ1v) is 8.26. The third-order valence-corrected chi connectivity index (χ3v) is 4.34. The first kappa shape index (κ1) is 16.0. The minimum Gasteiger partial charge on any atom is -0.457 e. The van der Waals surface area contributed by atoms with Crippen LogP contribution < -0.4 is 5.73 Å². The van der Waals surface area contributed by atoms with Crippen LogP contribution in [0.5, 0.6) is 0 Å². The zero-order valence-corrected chi connectivity index (χ0v) is 14.8. The van der Waals surface area contributed by atoms with Gasteiger partial charge >= 0.3 is 5.97 Å². The zero-order chi connectivity index (χ0) is 16.4. The number of esters is 1. The molecule has 116 valence electrons. The number of rotatable bonds is 3. The van der Waals surface area contributed by atoms with Crippen molar-refractivity contribution in [1.29, 1.82) is 0 Å². The molecular weight excluding hydrogens is 427 g/mol. The second kappa shape index (κ2) is 6.72. The molecule has 0 aliphatic carbocycles. The van der Waals surface area contributed by atoms with Gasteiger partial charge in [0.2, 0.25) is 0 Å². The Morgan fingerprint density at radius 2 is 2.00 bits per heavy atom. The van der Waals surface area contributed by atoms with E-state index in [0.717, 1.165) is 14.5 Å². The van der Waals surface area contributed by atoms with E-state index in [2.05, 4.69) is 27.6 Å². The lowest BCUT2D eigenvalue weighted by atomic mass is 10.1. The predicted molar refractivity (Wildman–Crippen MR) is 99.4 cm³/mol. The van der Waals surface area contributed by atoms with E-state index >= 15 is 0 Å². The summed E-state index contributed by atoms with van der Waals surface area (Å²) in [5, 5.41) is 1.27. The maximum atomic E-state index is 12.2. The van der Waals surface area contributed by atoms with Crippen LogP contribution in [-0.4, -0.2) is 11.0 Å². The second-order valence-corrected chi connectivity index (χ2v) is 6.54. The van der Waals surface area contributed by atoms with Crippen molar-refractivity contribution in [1.82, 2.24) is 4.98 Å². The number of carbonyl (C=O) groups is 1. The molecule has 1 heterocycles. The molecule has 4 nitrogen and oxygen atoms in total. The largest absolute Gasteiger partial charge is 0.457 e. The van der Waals surface area contributed by atoms with E-state index in [9.17, 15) is 4.79 Å². The monoisotopic (exact) mass is 438 g/mol. The molecule has 0 spiro atoms. The number of hydrogen-bond donors (Lipinski definition) is 1. The number of para-hydroxylation sites is 1. The van der Waals surface area contributed by atoms with E-state index in [-0.39, 0.29) is 6.61 Å². The summed E-state index contributed by atoms with van der Waals surface area (Å²) < 4.78 is 6.24. The lowest BCUT2D eigenvalue weighted by Gasteiger charge is -2.09. The SMILES string of the molecule is Nc1ccc(I)cc1C(=O)OCc1cc2ccccc2nc1Cl. The maximum absolute atomic E-state index is 12.2. The first-order chi connectivity index (χ1) is 11.0. The van der Waals surface area contributed by atoms with Gasteiger partial charge in [-0.2, -0.15) is 0 Å². The summed E-state index contributed by atoms with van der Waals surface area (Å²) in [6.45, 7) is 0.0421. The molecule has 0 atom stereocenters. The van der Waals surface area contributed by atoms with Crippen LogP contribution in [0, 0.1) is 3.57 Å². The quantitative estimate of drug-likeness (QED) is 0.284. The number of hydrogen-bond acceptors (Lipinski definition) is 4. The van der Waals surface area contributed by atoms with Gasteiger partial charge in [0.25, 0.3) is 0 Å². The normalized spacial score (nSPS) is 10.7. The minimum absolute atomic E-state index is 0.0421. The molecule has 0 radical (unpaired) electrons. The van der Waals surface area contributed by atoms with Gasteiger partial charge < -0.3 is 10.5 Å². The number of halogens is 2. The fourth-order valence-electron chi connectivity index (χ4n) is 2.16. The van der Waals surface area contributed by atoms with Gasteiger partial charge in [-0.25, -0.2) is 9.78 Å². The molecule has 0 unspecified atom stereocenters. The van der Waals surface area contributed by atoms with Crippen LogP contribution in [0.25, 0.3) is 10.9 Å². The Morgan fingerprint density at radius 3 is 2.83 bits per heavy atom. The molecule has 0 amide bonds. The van der Waals surface area contributed by atoms with E-state index in [1.165, 1.54) is 0 Å². The molecule has 2 aromatic carbocycles. The van der Waals surface area contributed by atoms with Crippen molar-refractivity contribution in [3.63, 3.8) is 0 Å². The molecule has 2 N–H and O–H groups in total. The van der Waals surface area contributed by atoms with Gasteiger partial charge in [-0.05, 0) is 52.9 Å². The summed E-state index contributed by atoms with van der Waals surface area (Å²) in [6.07, 6.45) is 0. The molecule has 6 heteroatoms. The van der Waals surface area contributed by atoms with Crippen LogP contribution in [-0.2, 0) is 11.3 Å². The van der Waals surface area contributed by atoms with Gasteiger partial charge in [0, 0.05) is 20.2 Å². The lowest BCUT2D eigenvalue weighted by Crippen LogP contribution is -2.09. The molecule has 0 aliphatic heterocycles. The van der Waals surface area contributed by atoms with Gasteiger partial charge in [0.1, 0.15) is 11.8 Å². The van der Waals surface area contributed by atoms with Crippen LogP contribution in [0.15, 0.2) is 48.5 Å². The van der Waals surface area contributed by atoms with E-state index in [4.69, 9.17) is 22.1 Å². The topological polar surface area (TPSA) is 65.2 Å². The van der Waals surface area contributed by atoms with Crippen molar-refractivity contribution in [3.05, 3.63) is 68.4 Å². The van der Waals surface area contributed by atoms with Gasteiger partial charge in [-0.15, -0.1) is 0 Å². The van der Waals surface area contributed by atoms with E-state index < -0.39 is 5.97 Å². The van der Waals surface area contributed by atoms with E-state index in [1.807, 2.05) is 36.4 Å². The van der Waals surface area contributed by atoms with Gasteiger partial charge in [0.05, 0.1) is 11.1 Å². The number of anilines is 1. The molecule has 3 aromatic rings. The van der Waals surface area contributed by atoms with E-state index in [1.54, 1.807) is 12.1 Å². The fourth-order valence-corrected chi connectivity index (χ4v) is 2.86.